The lowest BCUT2D eigenvalue weighted by Gasteiger charge is -2.15. The van der Waals surface area contributed by atoms with E-state index in [4.69, 9.17) is 11.6 Å². The molecule has 0 aliphatic rings. The fraction of sp³-hybridized carbons (Fsp3) is 0.294. The molecule has 0 spiro atoms. The number of rotatable bonds is 4. The van der Waals surface area contributed by atoms with Gasteiger partial charge in [0.15, 0.2) is 0 Å². The monoisotopic (exact) mass is 302 g/mol. The molecule has 2 rings (SSSR count). The molecule has 0 aliphatic carbocycles. The van der Waals surface area contributed by atoms with Gasteiger partial charge in [-0.2, -0.15) is 0 Å². The first-order valence-corrected chi connectivity index (χ1v) is 7.49. The normalized spacial score (nSPS) is 10.5. The lowest BCUT2D eigenvalue weighted by molar-refractivity contribution is 0.102. The van der Waals surface area contributed by atoms with E-state index in [0.29, 0.717) is 10.7 Å². The molecule has 0 atom stereocenters. The lowest BCUT2D eigenvalue weighted by atomic mass is 10.0. The summed E-state index contributed by atoms with van der Waals surface area (Å²) in [5, 5.41) is 3.66. The molecule has 1 heterocycles. The Balaban J connectivity index is 2.38. The van der Waals surface area contributed by atoms with Gasteiger partial charge in [-0.25, -0.2) is 4.98 Å². The van der Waals surface area contributed by atoms with Crippen molar-refractivity contribution in [1.29, 1.82) is 0 Å². The van der Waals surface area contributed by atoms with Crippen molar-refractivity contribution in [2.24, 2.45) is 0 Å². The number of carbonyl (C=O) groups excluding carboxylic acids is 1. The molecule has 0 saturated heterocycles. The smallest absolute Gasteiger partial charge is 0.274 e. The van der Waals surface area contributed by atoms with Crippen molar-refractivity contribution in [2.75, 3.05) is 5.32 Å². The van der Waals surface area contributed by atoms with E-state index >= 15 is 0 Å². The van der Waals surface area contributed by atoms with Crippen LogP contribution >= 0.6 is 11.6 Å². The lowest BCUT2D eigenvalue weighted by Crippen LogP contribution is -2.16. The van der Waals surface area contributed by atoms with Crippen LogP contribution in [0.25, 0.3) is 0 Å². The van der Waals surface area contributed by atoms with Crippen molar-refractivity contribution in [2.45, 2.75) is 33.6 Å². The van der Waals surface area contributed by atoms with Gasteiger partial charge in [-0.3, -0.25) is 4.79 Å². The molecule has 110 valence electrons. The Kier molecular flexibility index (Phi) is 4.97. The highest BCUT2D eigenvalue weighted by Gasteiger charge is 2.15. The first-order valence-electron chi connectivity index (χ1n) is 7.12. The largest absolute Gasteiger partial charge is 0.320 e. The third-order valence-electron chi connectivity index (χ3n) is 3.44. The van der Waals surface area contributed by atoms with Crippen molar-refractivity contribution >= 4 is 23.2 Å². The fourth-order valence-corrected chi connectivity index (χ4v) is 2.61. The number of amides is 1. The molecular formula is C17H19ClN2O. The summed E-state index contributed by atoms with van der Waals surface area (Å²) < 4.78 is 0. The Labute approximate surface area is 130 Å². The summed E-state index contributed by atoms with van der Waals surface area (Å²) in [6.45, 7) is 5.95. The van der Waals surface area contributed by atoms with E-state index in [0.717, 1.165) is 35.3 Å². The molecule has 21 heavy (non-hydrogen) atoms. The van der Waals surface area contributed by atoms with Crippen LogP contribution in [0.15, 0.2) is 30.3 Å². The van der Waals surface area contributed by atoms with Gasteiger partial charge in [0.25, 0.3) is 5.91 Å². The van der Waals surface area contributed by atoms with Crippen molar-refractivity contribution in [3.05, 3.63) is 57.9 Å². The van der Waals surface area contributed by atoms with Crippen molar-refractivity contribution in [3.63, 3.8) is 0 Å². The van der Waals surface area contributed by atoms with Crippen LogP contribution in [-0.2, 0) is 12.8 Å². The van der Waals surface area contributed by atoms with E-state index in [1.807, 2.05) is 38.1 Å². The fourth-order valence-electron chi connectivity index (χ4n) is 2.31. The zero-order valence-electron chi connectivity index (χ0n) is 12.5. The van der Waals surface area contributed by atoms with Crippen LogP contribution in [0.5, 0.6) is 0 Å². The van der Waals surface area contributed by atoms with Gasteiger partial charge in [0.05, 0.1) is 0 Å². The maximum atomic E-state index is 12.4. The number of hydrogen-bond donors (Lipinski definition) is 1. The van der Waals surface area contributed by atoms with Crippen LogP contribution in [0.3, 0.4) is 0 Å². The predicted octanol–water partition coefficient (Wildman–Crippen LogP) is 4.42. The number of aromatic nitrogens is 1. The molecule has 0 aliphatic heterocycles. The molecule has 0 radical (unpaired) electrons. The van der Waals surface area contributed by atoms with E-state index < -0.39 is 0 Å². The van der Waals surface area contributed by atoms with E-state index in [1.54, 1.807) is 6.07 Å². The molecule has 0 unspecified atom stereocenters. The average molecular weight is 303 g/mol. The van der Waals surface area contributed by atoms with Crippen LogP contribution in [0.4, 0.5) is 5.69 Å². The first kappa shape index (κ1) is 15.5. The summed E-state index contributed by atoms with van der Waals surface area (Å²) in [6, 6.07) is 9.26. The molecule has 2 aromatic rings. The number of halogens is 1. The number of nitrogens with one attached hydrogen (secondary N) is 1. The van der Waals surface area contributed by atoms with E-state index in [2.05, 4.69) is 17.2 Å². The summed E-state index contributed by atoms with van der Waals surface area (Å²) in [6.07, 6.45) is 1.60. The van der Waals surface area contributed by atoms with Gasteiger partial charge in [-0.05, 0) is 49.1 Å². The number of carbonyl (C=O) groups is 1. The Morgan fingerprint density at radius 1 is 1.19 bits per heavy atom. The number of pyridine rings is 1. The molecule has 0 bridgehead atoms. The van der Waals surface area contributed by atoms with E-state index in [1.165, 1.54) is 0 Å². The topological polar surface area (TPSA) is 42.0 Å². The second-order valence-electron chi connectivity index (χ2n) is 4.89. The summed E-state index contributed by atoms with van der Waals surface area (Å²) >= 11 is 6.25. The average Bonchev–Trinajstić information content (AvgIpc) is 2.47. The molecular weight excluding hydrogens is 284 g/mol. The molecule has 1 N–H and O–H groups in total. The quantitative estimate of drug-likeness (QED) is 0.908. The van der Waals surface area contributed by atoms with E-state index in [9.17, 15) is 4.79 Å². The van der Waals surface area contributed by atoms with Crippen LogP contribution in [-0.4, -0.2) is 10.9 Å². The summed E-state index contributed by atoms with van der Waals surface area (Å²) in [4.78, 5) is 16.7. The number of aryl methyl sites for hydroxylation is 2. The van der Waals surface area contributed by atoms with Gasteiger partial charge < -0.3 is 5.32 Å². The number of anilines is 1. The molecule has 0 fully saturated rings. The second kappa shape index (κ2) is 6.72. The summed E-state index contributed by atoms with van der Waals surface area (Å²) in [5.74, 6) is -0.203. The van der Waals surface area contributed by atoms with Crippen LogP contribution in [0.2, 0.25) is 5.02 Å². The van der Waals surface area contributed by atoms with Crippen LogP contribution < -0.4 is 5.32 Å². The standard InChI is InChI=1S/C17H19ClN2O/c1-4-12-9-10-14(18)13(5-2)16(12)20-17(21)15-8-6-7-11(3)19-15/h6-10H,4-5H2,1-3H3,(H,20,21). The molecule has 1 aromatic heterocycles. The third kappa shape index (κ3) is 3.42. The second-order valence-corrected chi connectivity index (χ2v) is 5.29. The SMILES string of the molecule is CCc1ccc(Cl)c(CC)c1NC(=O)c1cccc(C)n1. The highest BCUT2D eigenvalue weighted by molar-refractivity contribution is 6.32. The minimum absolute atomic E-state index is 0.203. The highest BCUT2D eigenvalue weighted by Crippen LogP contribution is 2.29. The first-order chi connectivity index (χ1) is 10.1. The molecule has 1 amide bonds. The van der Waals surface area contributed by atoms with Gasteiger partial charge >= 0.3 is 0 Å². The Morgan fingerprint density at radius 2 is 1.95 bits per heavy atom. The minimum atomic E-state index is -0.203. The summed E-state index contributed by atoms with van der Waals surface area (Å²) in [7, 11) is 0. The van der Waals surface area contributed by atoms with Gasteiger partial charge in [0.2, 0.25) is 0 Å². The van der Waals surface area contributed by atoms with Crippen molar-refractivity contribution in [3.8, 4) is 0 Å². The van der Waals surface area contributed by atoms with E-state index in [-0.39, 0.29) is 5.91 Å². The zero-order chi connectivity index (χ0) is 15.4. The van der Waals surface area contributed by atoms with Gasteiger partial charge in [0, 0.05) is 16.4 Å². The maximum absolute atomic E-state index is 12.4. The molecule has 0 saturated carbocycles. The minimum Gasteiger partial charge on any atom is -0.320 e. The number of benzene rings is 1. The Bertz CT molecular complexity index is 668. The third-order valence-corrected chi connectivity index (χ3v) is 3.79. The highest BCUT2D eigenvalue weighted by atomic mass is 35.5. The van der Waals surface area contributed by atoms with Crippen LogP contribution in [0.1, 0.15) is 41.2 Å². The molecule has 1 aromatic carbocycles. The molecule has 4 heteroatoms. The number of nitrogens with zero attached hydrogens (tertiary/aromatic N) is 1. The van der Waals surface area contributed by atoms with Crippen LogP contribution in [0, 0.1) is 6.92 Å². The van der Waals surface area contributed by atoms with Gasteiger partial charge in [0.1, 0.15) is 5.69 Å². The maximum Gasteiger partial charge on any atom is 0.274 e. The van der Waals surface area contributed by atoms with Crippen molar-refractivity contribution < 1.29 is 4.79 Å². The van der Waals surface area contributed by atoms with Crippen molar-refractivity contribution in [1.82, 2.24) is 4.98 Å². The Morgan fingerprint density at radius 3 is 2.57 bits per heavy atom. The van der Waals surface area contributed by atoms with Gasteiger partial charge in [-0.1, -0.05) is 37.6 Å². The zero-order valence-corrected chi connectivity index (χ0v) is 13.3. The Hall–Kier alpha value is -1.87. The molecule has 3 nitrogen and oxygen atoms in total. The van der Waals surface area contributed by atoms with Gasteiger partial charge in [-0.15, -0.1) is 0 Å². The number of hydrogen-bond acceptors (Lipinski definition) is 2. The predicted molar refractivity (Wildman–Crippen MR) is 87.1 cm³/mol. The summed E-state index contributed by atoms with van der Waals surface area (Å²) in [5.41, 5.74) is 4.11.